The fourth-order valence-electron chi connectivity index (χ4n) is 1.05. The summed E-state index contributed by atoms with van der Waals surface area (Å²) in [7, 11) is 0. The van der Waals surface area contributed by atoms with E-state index in [0.29, 0.717) is 4.60 Å². The zero-order valence-electron chi connectivity index (χ0n) is 6.89. The van der Waals surface area contributed by atoms with Crippen molar-refractivity contribution >= 4 is 33.2 Å². The van der Waals surface area contributed by atoms with E-state index in [1.807, 2.05) is 0 Å². The van der Waals surface area contributed by atoms with Crippen molar-refractivity contribution in [2.45, 2.75) is 6.18 Å². The van der Waals surface area contributed by atoms with Crippen LogP contribution in [0.4, 0.5) is 13.2 Å². The first-order chi connectivity index (χ1) is 6.88. The minimum absolute atomic E-state index is 0.0432. The molecule has 80 valence electrons. The molecule has 0 fully saturated rings. The zero-order valence-corrected chi connectivity index (χ0v) is 9.23. The lowest BCUT2D eigenvalue weighted by Crippen LogP contribution is -2.09. The summed E-state index contributed by atoms with van der Waals surface area (Å²) in [6.07, 6.45) is -4.51. The lowest BCUT2D eigenvalue weighted by Gasteiger charge is -2.06. The predicted octanol–water partition coefficient (Wildman–Crippen LogP) is 3.16. The number of nitrogens with zero attached hydrogens (tertiary/aromatic N) is 3. The SMILES string of the molecule is FC(F)(F)c1cc(Cl)n2nc(Br)cc2n1. The highest BCUT2D eigenvalue weighted by atomic mass is 79.9. The number of halogens is 5. The monoisotopic (exact) mass is 299 g/mol. The molecule has 0 spiro atoms. The van der Waals surface area contributed by atoms with Crippen LogP contribution in [0.3, 0.4) is 0 Å². The molecule has 8 heteroatoms. The Labute approximate surface area is 95.0 Å². The quantitative estimate of drug-likeness (QED) is 0.700. The summed E-state index contributed by atoms with van der Waals surface area (Å²) in [6, 6.07) is 2.08. The largest absolute Gasteiger partial charge is 0.433 e. The number of hydrogen-bond acceptors (Lipinski definition) is 2. The van der Waals surface area contributed by atoms with Gasteiger partial charge in [0.15, 0.2) is 5.65 Å². The first-order valence-corrected chi connectivity index (χ1v) is 4.84. The van der Waals surface area contributed by atoms with Gasteiger partial charge in [0, 0.05) is 12.1 Å². The summed E-state index contributed by atoms with van der Waals surface area (Å²) in [5.74, 6) is 0. The standard InChI is InChI=1S/C7H2BrClF3N3/c8-4-2-6-13-3(7(10,11)12)1-5(9)15(6)14-4/h1-2H. The average Bonchev–Trinajstić information content (AvgIpc) is 2.44. The Morgan fingerprint density at radius 2 is 2.00 bits per heavy atom. The van der Waals surface area contributed by atoms with Crippen LogP contribution >= 0.6 is 27.5 Å². The van der Waals surface area contributed by atoms with Crippen LogP contribution in [0.5, 0.6) is 0 Å². The summed E-state index contributed by atoms with van der Waals surface area (Å²) in [4.78, 5) is 3.39. The van der Waals surface area contributed by atoms with Crippen LogP contribution in [0.25, 0.3) is 5.65 Å². The smallest absolute Gasteiger partial charge is 0.224 e. The fourth-order valence-corrected chi connectivity index (χ4v) is 1.65. The van der Waals surface area contributed by atoms with E-state index in [2.05, 4.69) is 26.0 Å². The molecule has 2 heterocycles. The summed E-state index contributed by atoms with van der Waals surface area (Å²) >= 11 is 8.64. The van der Waals surface area contributed by atoms with Crippen LogP contribution in [0.2, 0.25) is 5.15 Å². The molecule has 0 atom stereocenters. The lowest BCUT2D eigenvalue weighted by atomic mass is 10.4. The first-order valence-electron chi connectivity index (χ1n) is 3.67. The minimum atomic E-state index is -4.51. The molecular weight excluding hydrogens is 298 g/mol. The maximum atomic E-state index is 12.3. The molecule has 15 heavy (non-hydrogen) atoms. The minimum Gasteiger partial charge on any atom is -0.224 e. The second kappa shape index (κ2) is 3.34. The lowest BCUT2D eigenvalue weighted by molar-refractivity contribution is -0.141. The van der Waals surface area contributed by atoms with Gasteiger partial charge in [0.25, 0.3) is 0 Å². The molecule has 0 aliphatic carbocycles. The highest BCUT2D eigenvalue weighted by molar-refractivity contribution is 9.10. The van der Waals surface area contributed by atoms with E-state index in [9.17, 15) is 13.2 Å². The molecule has 0 aliphatic heterocycles. The second-order valence-electron chi connectivity index (χ2n) is 2.70. The summed E-state index contributed by atoms with van der Waals surface area (Å²) in [5, 5.41) is 3.67. The summed E-state index contributed by atoms with van der Waals surface area (Å²) in [5.41, 5.74) is -0.992. The van der Waals surface area contributed by atoms with Gasteiger partial charge in [-0.1, -0.05) is 11.6 Å². The number of alkyl halides is 3. The first kappa shape index (κ1) is 10.7. The van der Waals surface area contributed by atoms with Gasteiger partial charge in [-0.15, -0.1) is 0 Å². The molecule has 2 rings (SSSR count). The molecule has 0 unspecified atom stereocenters. The number of fused-ring (bicyclic) bond motifs is 1. The zero-order chi connectivity index (χ0) is 11.2. The highest BCUT2D eigenvalue weighted by Crippen LogP contribution is 2.30. The van der Waals surface area contributed by atoms with Gasteiger partial charge in [0.2, 0.25) is 0 Å². The van der Waals surface area contributed by atoms with Crippen molar-refractivity contribution in [3.63, 3.8) is 0 Å². The van der Waals surface area contributed by atoms with E-state index in [1.165, 1.54) is 6.07 Å². The van der Waals surface area contributed by atoms with Crippen molar-refractivity contribution in [2.24, 2.45) is 0 Å². The van der Waals surface area contributed by atoms with Crippen molar-refractivity contribution in [1.29, 1.82) is 0 Å². The van der Waals surface area contributed by atoms with Crippen molar-refractivity contribution in [3.05, 3.63) is 27.6 Å². The summed E-state index contributed by atoms with van der Waals surface area (Å²) in [6.45, 7) is 0. The number of aromatic nitrogens is 3. The molecule has 0 radical (unpaired) electrons. The Balaban J connectivity index is 2.72. The van der Waals surface area contributed by atoms with Gasteiger partial charge in [0.05, 0.1) is 0 Å². The maximum absolute atomic E-state index is 12.3. The van der Waals surface area contributed by atoms with Gasteiger partial charge in [-0.05, 0) is 15.9 Å². The van der Waals surface area contributed by atoms with Gasteiger partial charge in [-0.3, -0.25) is 0 Å². The molecule has 2 aromatic heterocycles. The van der Waals surface area contributed by atoms with Crippen LogP contribution < -0.4 is 0 Å². The second-order valence-corrected chi connectivity index (χ2v) is 3.90. The Morgan fingerprint density at radius 3 is 2.60 bits per heavy atom. The molecule has 0 saturated heterocycles. The van der Waals surface area contributed by atoms with Gasteiger partial charge >= 0.3 is 6.18 Å². The van der Waals surface area contributed by atoms with Crippen molar-refractivity contribution < 1.29 is 13.2 Å². The Bertz CT molecular complexity index is 522. The molecule has 3 nitrogen and oxygen atoms in total. The van der Waals surface area contributed by atoms with Crippen LogP contribution in [-0.2, 0) is 6.18 Å². The third-order valence-electron chi connectivity index (χ3n) is 1.64. The topological polar surface area (TPSA) is 30.2 Å². The molecule has 0 saturated carbocycles. The van der Waals surface area contributed by atoms with E-state index >= 15 is 0 Å². The molecule has 0 aromatic carbocycles. The van der Waals surface area contributed by atoms with Crippen LogP contribution in [0, 0.1) is 0 Å². The molecular formula is C7H2BrClF3N3. The molecule has 2 aromatic rings. The highest BCUT2D eigenvalue weighted by Gasteiger charge is 2.33. The van der Waals surface area contributed by atoms with E-state index in [4.69, 9.17) is 11.6 Å². The molecule has 0 amide bonds. The number of hydrogen-bond donors (Lipinski definition) is 0. The molecule has 0 N–H and O–H groups in total. The predicted molar refractivity (Wildman–Crippen MR) is 50.7 cm³/mol. The van der Waals surface area contributed by atoms with E-state index < -0.39 is 11.9 Å². The van der Waals surface area contributed by atoms with Crippen molar-refractivity contribution in [3.8, 4) is 0 Å². The van der Waals surface area contributed by atoms with Crippen molar-refractivity contribution in [2.75, 3.05) is 0 Å². The third kappa shape index (κ3) is 1.93. The van der Waals surface area contributed by atoms with Gasteiger partial charge in [0.1, 0.15) is 15.5 Å². The molecule has 0 aliphatic rings. The normalized spacial score (nSPS) is 12.3. The van der Waals surface area contributed by atoms with E-state index in [1.54, 1.807) is 0 Å². The Hall–Kier alpha value is -0.820. The van der Waals surface area contributed by atoms with Crippen LogP contribution in [0.15, 0.2) is 16.7 Å². The molecule has 0 bridgehead atoms. The Kier molecular flexibility index (Phi) is 2.38. The van der Waals surface area contributed by atoms with Crippen molar-refractivity contribution in [1.82, 2.24) is 14.6 Å². The summed E-state index contributed by atoms with van der Waals surface area (Å²) < 4.78 is 38.5. The Morgan fingerprint density at radius 1 is 1.33 bits per heavy atom. The van der Waals surface area contributed by atoms with Crippen LogP contribution in [0.1, 0.15) is 5.69 Å². The third-order valence-corrected chi connectivity index (χ3v) is 2.30. The van der Waals surface area contributed by atoms with E-state index in [0.717, 1.165) is 10.6 Å². The maximum Gasteiger partial charge on any atom is 0.433 e. The van der Waals surface area contributed by atoms with Crippen LogP contribution in [-0.4, -0.2) is 14.6 Å². The number of rotatable bonds is 0. The van der Waals surface area contributed by atoms with Gasteiger partial charge in [-0.25, -0.2) is 9.50 Å². The van der Waals surface area contributed by atoms with Gasteiger partial charge in [-0.2, -0.15) is 18.3 Å². The van der Waals surface area contributed by atoms with Gasteiger partial charge < -0.3 is 0 Å². The fraction of sp³-hybridized carbons (Fsp3) is 0.143. The van der Waals surface area contributed by atoms with E-state index in [-0.39, 0.29) is 10.8 Å². The average molecular weight is 300 g/mol.